The number of pyridine rings is 1. The molecule has 1 amide bonds. The first-order chi connectivity index (χ1) is 18.4. The number of benzene rings is 3. The van der Waals surface area contributed by atoms with Gasteiger partial charge in [-0.3, -0.25) is 14.6 Å². The standard InChI is InChI=1S/C29H20ClN3O4S/c1-15-10-23-28(27(20(15)13-26(35)36)16-2-5-19(30)6-3-16)38-29(33-23)18-8-9-31-21(12-18)17-4-7-24-22(11-17)32-25(34)14-37-24/h2-12H,13-14H2,1H3,(H,32,34)(H,35,36). The molecule has 0 bridgehead atoms. The van der Waals surface area contributed by atoms with Crippen LogP contribution in [0.1, 0.15) is 11.1 Å². The number of aliphatic carboxylic acids is 1. The molecular weight excluding hydrogens is 522 g/mol. The molecule has 188 valence electrons. The third kappa shape index (κ3) is 4.49. The fourth-order valence-corrected chi connectivity index (χ4v) is 5.88. The number of thiazole rings is 1. The highest BCUT2D eigenvalue weighted by atomic mass is 35.5. The van der Waals surface area contributed by atoms with Gasteiger partial charge in [0.25, 0.3) is 5.91 Å². The zero-order chi connectivity index (χ0) is 26.4. The van der Waals surface area contributed by atoms with Crippen LogP contribution in [0.5, 0.6) is 5.75 Å². The zero-order valence-corrected chi connectivity index (χ0v) is 21.7. The average molecular weight is 542 g/mol. The van der Waals surface area contributed by atoms with Crippen molar-refractivity contribution in [2.45, 2.75) is 13.3 Å². The largest absolute Gasteiger partial charge is 0.482 e. The molecule has 0 saturated carbocycles. The molecule has 0 fully saturated rings. The number of carbonyl (C=O) groups excluding carboxylic acids is 1. The zero-order valence-electron chi connectivity index (χ0n) is 20.1. The highest BCUT2D eigenvalue weighted by Crippen LogP contribution is 2.41. The van der Waals surface area contributed by atoms with Crippen LogP contribution < -0.4 is 10.1 Å². The Balaban J connectivity index is 1.47. The first kappa shape index (κ1) is 24.1. The van der Waals surface area contributed by atoms with Crippen LogP contribution in [0.4, 0.5) is 5.69 Å². The van der Waals surface area contributed by atoms with Gasteiger partial charge in [-0.1, -0.05) is 23.7 Å². The maximum atomic E-state index is 11.8. The van der Waals surface area contributed by atoms with Crippen LogP contribution in [0.2, 0.25) is 5.02 Å². The van der Waals surface area contributed by atoms with Gasteiger partial charge in [0.05, 0.1) is 28.0 Å². The first-order valence-corrected chi connectivity index (χ1v) is 13.0. The lowest BCUT2D eigenvalue weighted by Gasteiger charge is -2.18. The Bertz CT molecular complexity index is 1750. The number of hydrogen-bond acceptors (Lipinski definition) is 6. The molecule has 0 radical (unpaired) electrons. The number of ether oxygens (including phenoxy) is 1. The van der Waals surface area contributed by atoms with E-state index in [-0.39, 0.29) is 18.9 Å². The topological polar surface area (TPSA) is 101 Å². The summed E-state index contributed by atoms with van der Waals surface area (Å²) in [6.45, 7) is 1.92. The molecule has 38 heavy (non-hydrogen) atoms. The number of nitrogens with one attached hydrogen (secondary N) is 1. The Morgan fingerprint density at radius 3 is 2.66 bits per heavy atom. The molecule has 0 spiro atoms. The lowest BCUT2D eigenvalue weighted by Crippen LogP contribution is -2.25. The van der Waals surface area contributed by atoms with Gasteiger partial charge in [0.1, 0.15) is 10.8 Å². The monoisotopic (exact) mass is 541 g/mol. The Hall–Kier alpha value is -4.27. The molecule has 5 aromatic rings. The minimum atomic E-state index is -0.891. The van der Waals surface area contributed by atoms with Gasteiger partial charge in [0, 0.05) is 27.9 Å². The molecule has 1 aliphatic heterocycles. The van der Waals surface area contributed by atoms with Gasteiger partial charge in [0.2, 0.25) is 0 Å². The van der Waals surface area contributed by atoms with Crippen molar-refractivity contribution in [1.82, 2.24) is 9.97 Å². The van der Waals surface area contributed by atoms with Crippen molar-refractivity contribution in [2.75, 3.05) is 11.9 Å². The van der Waals surface area contributed by atoms with E-state index in [0.717, 1.165) is 54.3 Å². The Kier molecular flexibility index (Phi) is 6.06. The van der Waals surface area contributed by atoms with E-state index < -0.39 is 5.97 Å². The van der Waals surface area contributed by atoms with Gasteiger partial charge in [-0.15, -0.1) is 11.3 Å². The Morgan fingerprint density at radius 1 is 1.08 bits per heavy atom. The molecule has 3 heterocycles. The van der Waals surface area contributed by atoms with Gasteiger partial charge < -0.3 is 15.2 Å². The minimum absolute atomic E-state index is 0.00332. The van der Waals surface area contributed by atoms with E-state index in [1.807, 2.05) is 55.5 Å². The number of nitrogens with zero attached hydrogens (tertiary/aromatic N) is 2. The number of anilines is 1. The fourth-order valence-electron chi connectivity index (χ4n) is 4.62. The summed E-state index contributed by atoms with van der Waals surface area (Å²) >= 11 is 7.64. The Morgan fingerprint density at radius 2 is 1.87 bits per heavy atom. The summed E-state index contributed by atoms with van der Waals surface area (Å²) in [6.07, 6.45) is 1.64. The minimum Gasteiger partial charge on any atom is -0.482 e. The molecule has 2 N–H and O–H groups in total. The van der Waals surface area contributed by atoms with Gasteiger partial charge in [-0.25, -0.2) is 4.98 Å². The number of carboxylic acids is 1. The highest BCUT2D eigenvalue weighted by molar-refractivity contribution is 7.22. The summed E-state index contributed by atoms with van der Waals surface area (Å²) < 4.78 is 6.38. The second-order valence-corrected chi connectivity index (χ2v) is 10.4. The number of amides is 1. The lowest BCUT2D eigenvalue weighted by atomic mass is 9.93. The van der Waals surface area contributed by atoms with Gasteiger partial charge in [-0.05, 0) is 72.1 Å². The van der Waals surface area contributed by atoms with Crippen molar-refractivity contribution in [3.8, 4) is 38.7 Å². The number of aryl methyl sites for hydroxylation is 1. The van der Waals surface area contributed by atoms with Crippen molar-refractivity contribution in [3.05, 3.63) is 83.0 Å². The van der Waals surface area contributed by atoms with E-state index in [9.17, 15) is 14.7 Å². The summed E-state index contributed by atoms with van der Waals surface area (Å²) in [7, 11) is 0. The number of aromatic nitrogens is 2. The average Bonchev–Trinajstić information content (AvgIpc) is 3.32. The normalized spacial score (nSPS) is 12.6. The summed E-state index contributed by atoms with van der Waals surface area (Å²) in [5, 5.41) is 13.9. The summed E-state index contributed by atoms with van der Waals surface area (Å²) in [6, 6.07) is 18.8. The van der Waals surface area contributed by atoms with E-state index in [1.165, 1.54) is 11.3 Å². The molecular formula is C29H20ClN3O4S. The van der Waals surface area contributed by atoms with E-state index in [2.05, 4.69) is 10.3 Å². The van der Waals surface area contributed by atoms with Crippen LogP contribution in [-0.2, 0) is 16.0 Å². The molecule has 7 nitrogen and oxygen atoms in total. The SMILES string of the molecule is Cc1cc2nc(-c3ccnc(-c4ccc5c(c4)NC(=O)CO5)c3)sc2c(-c2ccc(Cl)cc2)c1CC(=O)O. The molecule has 3 aromatic carbocycles. The Labute approximate surface area is 226 Å². The maximum Gasteiger partial charge on any atom is 0.307 e. The second-order valence-electron chi connectivity index (χ2n) is 8.97. The number of rotatable bonds is 5. The smallest absolute Gasteiger partial charge is 0.307 e. The van der Waals surface area contributed by atoms with Crippen molar-refractivity contribution < 1.29 is 19.4 Å². The van der Waals surface area contributed by atoms with Crippen LogP contribution in [-0.4, -0.2) is 33.6 Å². The predicted octanol–water partition coefficient (Wildman–Crippen LogP) is 6.61. The molecule has 0 atom stereocenters. The lowest BCUT2D eigenvalue weighted by molar-refractivity contribution is -0.136. The van der Waals surface area contributed by atoms with Crippen LogP contribution in [0, 0.1) is 6.92 Å². The van der Waals surface area contributed by atoms with Crippen LogP contribution in [0.3, 0.4) is 0 Å². The van der Waals surface area contributed by atoms with Crippen molar-refractivity contribution in [3.63, 3.8) is 0 Å². The maximum absolute atomic E-state index is 11.8. The number of carboxylic acid groups (broad SMARTS) is 1. The van der Waals surface area contributed by atoms with Crippen LogP contribution in [0.15, 0.2) is 66.9 Å². The molecule has 0 saturated heterocycles. The van der Waals surface area contributed by atoms with Crippen LogP contribution in [0.25, 0.3) is 43.2 Å². The number of hydrogen-bond donors (Lipinski definition) is 2. The number of carbonyl (C=O) groups is 2. The van der Waals surface area contributed by atoms with Crippen molar-refractivity contribution in [1.29, 1.82) is 0 Å². The molecule has 1 aliphatic rings. The van der Waals surface area contributed by atoms with Gasteiger partial charge in [0.15, 0.2) is 6.61 Å². The summed E-state index contributed by atoms with van der Waals surface area (Å²) in [4.78, 5) is 32.9. The summed E-state index contributed by atoms with van der Waals surface area (Å²) in [5.74, 6) is -0.462. The predicted molar refractivity (Wildman–Crippen MR) is 149 cm³/mol. The van der Waals surface area contributed by atoms with E-state index in [1.54, 1.807) is 18.3 Å². The van der Waals surface area contributed by atoms with E-state index in [4.69, 9.17) is 21.3 Å². The van der Waals surface area contributed by atoms with Gasteiger partial charge >= 0.3 is 5.97 Å². The van der Waals surface area contributed by atoms with E-state index >= 15 is 0 Å². The second kappa shape index (κ2) is 9.55. The molecule has 2 aromatic heterocycles. The summed E-state index contributed by atoms with van der Waals surface area (Å²) in [5.41, 5.74) is 7.24. The van der Waals surface area contributed by atoms with Crippen molar-refractivity contribution in [2.24, 2.45) is 0 Å². The number of halogens is 1. The number of fused-ring (bicyclic) bond motifs is 2. The molecule has 6 rings (SSSR count). The van der Waals surface area contributed by atoms with Crippen molar-refractivity contribution >= 4 is 50.7 Å². The van der Waals surface area contributed by atoms with Crippen LogP contribution >= 0.6 is 22.9 Å². The third-order valence-electron chi connectivity index (χ3n) is 6.39. The molecule has 9 heteroatoms. The molecule has 0 aliphatic carbocycles. The quantitative estimate of drug-likeness (QED) is 0.259. The fraction of sp³-hybridized carbons (Fsp3) is 0.103. The first-order valence-electron chi connectivity index (χ1n) is 11.8. The van der Waals surface area contributed by atoms with Gasteiger partial charge in [-0.2, -0.15) is 0 Å². The van der Waals surface area contributed by atoms with E-state index in [0.29, 0.717) is 16.5 Å². The molecule has 0 unspecified atom stereocenters. The third-order valence-corrected chi connectivity index (χ3v) is 7.78. The highest BCUT2D eigenvalue weighted by Gasteiger charge is 2.20.